The average molecular weight is 382 g/mol. The van der Waals surface area contributed by atoms with Gasteiger partial charge in [0.15, 0.2) is 0 Å². The molecule has 140 valence electrons. The molecule has 0 aliphatic carbocycles. The maximum absolute atomic E-state index is 12.4. The zero-order valence-corrected chi connectivity index (χ0v) is 15.9. The fraction of sp³-hybridized carbons (Fsp3) is 0.300. The molecule has 2 amide bonds. The number of para-hydroxylation sites is 1. The van der Waals surface area contributed by atoms with Crippen LogP contribution in [-0.4, -0.2) is 51.8 Å². The third-order valence-corrected chi connectivity index (χ3v) is 5.58. The minimum Gasteiger partial charge on any atom is -0.334 e. The number of hydrogen-bond acceptors (Lipinski definition) is 4. The van der Waals surface area contributed by atoms with E-state index in [-0.39, 0.29) is 6.03 Å². The van der Waals surface area contributed by atoms with Gasteiger partial charge in [-0.15, -0.1) is 11.3 Å². The van der Waals surface area contributed by atoms with Crippen molar-refractivity contribution >= 4 is 17.4 Å². The Morgan fingerprint density at radius 2 is 1.89 bits per heavy atom. The van der Waals surface area contributed by atoms with Gasteiger partial charge in [0, 0.05) is 55.9 Å². The number of aromatic nitrogens is 2. The number of hydrogen-bond donors (Lipinski definition) is 1. The third kappa shape index (κ3) is 4.56. The molecule has 0 saturated carbocycles. The van der Waals surface area contributed by atoms with E-state index in [2.05, 4.69) is 32.8 Å². The Bertz CT molecular complexity index is 854. The molecule has 1 fully saturated rings. The summed E-state index contributed by atoms with van der Waals surface area (Å²) in [5.41, 5.74) is 2.00. The van der Waals surface area contributed by atoms with Crippen LogP contribution in [0.15, 0.2) is 60.2 Å². The first-order chi connectivity index (χ1) is 13.3. The van der Waals surface area contributed by atoms with Crippen molar-refractivity contribution in [1.82, 2.24) is 24.9 Å². The van der Waals surface area contributed by atoms with E-state index in [1.807, 2.05) is 46.1 Å². The summed E-state index contributed by atoms with van der Waals surface area (Å²) in [5.74, 6) is 0. The van der Waals surface area contributed by atoms with Gasteiger partial charge in [0.25, 0.3) is 0 Å². The molecule has 1 N–H and O–H groups in total. The van der Waals surface area contributed by atoms with Crippen LogP contribution in [0.25, 0.3) is 5.69 Å². The van der Waals surface area contributed by atoms with E-state index in [1.165, 1.54) is 4.88 Å². The number of nitrogens with zero attached hydrogens (tertiary/aromatic N) is 4. The summed E-state index contributed by atoms with van der Waals surface area (Å²) >= 11 is 1.79. The van der Waals surface area contributed by atoms with Crippen molar-refractivity contribution in [2.24, 2.45) is 0 Å². The van der Waals surface area contributed by atoms with Gasteiger partial charge in [-0.1, -0.05) is 24.3 Å². The highest BCUT2D eigenvalue weighted by Crippen LogP contribution is 2.14. The van der Waals surface area contributed by atoms with E-state index in [9.17, 15) is 4.79 Å². The maximum atomic E-state index is 12.4. The number of carbonyl (C=O) groups excluding carboxylic acids is 1. The van der Waals surface area contributed by atoms with Gasteiger partial charge >= 0.3 is 6.03 Å². The van der Waals surface area contributed by atoms with E-state index in [4.69, 9.17) is 0 Å². The number of nitrogens with one attached hydrogen (secondary N) is 1. The monoisotopic (exact) mass is 381 g/mol. The molecule has 1 aromatic carbocycles. The lowest BCUT2D eigenvalue weighted by atomic mass is 10.3. The summed E-state index contributed by atoms with van der Waals surface area (Å²) in [4.78, 5) is 18.1. The molecule has 7 heteroatoms. The van der Waals surface area contributed by atoms with Crippen molar-refractivity contribution < 1.29 is 4.79 Å². The van der Waals surface area contributed by atoms with Crippen LogP contribution in [0.3, 0.4) is 0 Å². The molecular weight excluding hydrogens is 358 g/mol. The fourth-order valence-electron chi connectivity index (χ4n) is 3.19. The Morgan fingerprint density at radius 3 is 2.63 bits per heavy atom. The third-order valence-electron chi connectivity index (χ3n) is 4.72. The lowest BCUT2D eigenvalue weighted by molar-refractivity contribution is 0.135. The van der Waals surface area contributed by atoms with Crippen molar-refractivity contribution in [1.29, 1.82) is 0 Å². The topological polar surface area (TPSA) is 53.4 Å². The Balaban J connectivity index is 1.24. The number of piperazine rings is 1. The second kappa shape index (κ2) is 8.37. The van der Waals surface area contributed by atoms with Gasteiger partial charge in [-0.2, -0.15) is 5.10 Å². The SMILES string of the molecule is O=C(NCc1cnn(-c2ccccc2)c1)N1CCN(Cc2cccs2)CC1. The Morgan fingerprint density at radius 1 is 1.07 bits per heavy atom. The molecule has 3 aromatic rings. The Labute approximate surface area is 163 Å². The van der Waals surface area contributed by atoms with Gasteiger partial charge in [0.1, 0.15) is 0 Å². The Kier molecular flexibility index (Phi) is 5.50. The molecule has 1 aliphatic rings. The minimum atomic E-state index is -0.00163. The molecule has 0 atom stereocenters. The zero-order valence-electron chi connectivity index (χ0n) is 15.1. The van der Waals surface area contributed by atoms with Gasteiger partial charge in [0.2, 0.25) is 0 Å². The van der Waals surface area contributed by atoms with Gasteiger partial charge in [-0.25, -0.2) is 9.48 Å². The van der Waals surface area contributed by atoms with Crippen LogP contribution in [0.4, 0.5) is 4.79 Å². The molecule has 6 nitrogen and oxygen atoms in total. The van der Waals surface area contributed by atoms with E-state index >= 15 is 0 Å². The molecule has 1 aliphatic heterocycles. The number of rotatable bonds is 5. The molecule has 0 unspecified atom stereocenters. The predicted octanol–water partition coefficient (Wildman–Crippen LogP) is 2.96. The molecule has 4 rings (SSSR count). The largest absolute Gasteiger partial charge is 0.334 e. The van der Waals surface area contributed by atoms with Crippen LogP contribution in [0.2, 0.25) is 0 Å². The second-order valence-electron chi connectivity index (χ2n) is 6.63. The van der Waals surface area contributed by atoms with Crippen molar-refractivity contribution in [3.05, 3.63) is 70.7 Å². The lowest BCUT2D eigenvalue weighted by Gasteiger charge is -2.34. The lowest BCUT2D eigenvalue weighted by Crippen LogP contribution is -2.51. The second-order valence-corrected chi connectivity index (χ2v) is 7.66. The van der Waals surface area contributed by atoms with Gasteiger partial charge in [-0.05, 0) is 23.6 Å². The van der Waals surface area contributed by atoms with Crippen molar-refractivity contribution in [2.45, 2.75) is 13.1 Å². The van der Waals surface area contributed by atoms with Gasteiger partial charge in [0.05, 0.1) is 11.9 Å². The molecule has 3 heterocycles. The summed E-state index contributed by atoms with van der Waals surface area (Å²) in [5, 5.41) is 9.49. The highest BCUT2D eigenvalue weighted by atomic mass is 32.1. The summed E-state index contributed by atoms with van der Waals surface area (Å²) in [7, 11) is 0. The predicted molar refractivity (Wildman–Crippen MR) is 107 cm³/mol. The number of amides is 2. The first-order valence-corrected chi connectivity index (χ1v) is 10.0. The normalized spacial score (nSPS) is 15.0. The van der Waals surface area contributed by atoms with E-state index in [0.29, 0.717) is 6.54 Å². The van der Waals surface area contributed by atoms with Crippen LogP contribution in [-0.2, 0) is 13.1 Å². The molecule has 2 aromatic heterocycles. The fourth-order valence-corrected chi connectivity index (χ4v) is 3.94. The first-order valence-electron chi connectivity index (χ1n) is 9.14. The van der Waals surface area contributed by atoms with Crippen molar-refractivity contribution in [2.75, 3.05) is 26.2 Å². The molecule has 0 spiro atoms. The van der Waals surface area contributed by atoms with Gasteiger partial charge in [-0.3, -0.25) is 4.90 Å². The number of urea groups is 1. The standard InChI is InChI=1S/C20H23N5OS/c26-20(24-10-8-23(9-11-24)16-19-7-4-12-27-19)21-13-17-14-22-25(15-17)18-5-2-1-3-6-18/h1-7,12,14-15H,8-11,13,16H2,(H,21,26). The minimum absolute atomic E-state index is 0.00163. The smallest absolute Gasteiger partial charge is 0.317 e. The maximum Gasteiger partial charge on any atom is 0.317 e. The highest BCUT2D eigenvalue weighted by molar-refractivity contribution is 7.09. The van der Waals surface area contributed by atoms with Crippen LogP contribution in [0, 0.1) is 0 Å². The summed E-state index contributed by atoms with van der Waals surface area (Å²) in [6, 6.07) is 14.2. The van der Waals surface area contributed by atoms with Crippen molar-refractivity contribution in [3.63, 3.8) is 0 Å². The van der Waals surface area contributed by atoms with Crippen molar-refractivity contribution in [3.8, 4) is 5.69 Å². The summed E-state index contributed by atoms with van der Waals surface area (Å²) < 4.78 is 1.82. The van der Waals surface area contributed by atoms with Crippen LogP contribution >= 0.6 is 11.3 Å². The molecule has 27 heavy (non-hydrogen) atoms. The molecule has 0 radical (unpaired) electrons. The van der Waals surface area contributed by atoms with Crippen LogP contribution < -0.4 is 5.32 Å². The van der Waals surface area contributed by atoms with E-state index in [0.717, 1.165) is 44.0 Å². The van der Waals surface area contributed by atoms with Gasteiger partial charge < -0.3 is 10.2 Å². The number of thiophene rings is 1. The highest BCUT2D eigenvalue weighted by Gasteiger charge is 2.21. The summed E-state index contributed by atoms with van der Waals surface area (Å²) in [6.07, 6.45) is 3.75. The summed E-state index contributed by atoms with van der Waals surface area (Å²) in [6.45, 7) is 4.82. The van der Waals surface area contributed by atoms with Crippen LogP contribution in [0.1, 0.15) is 10.4 Å². The average Bonchev–Trinajstić information content (AvgIpc) is 3.39. The Hall–Kier alpha value is -2.64. The first kappa shape index (κ1) is 17.8. The molecule has 1 saturated heterocycles. The molecule has 0 bridgehead atoms. The number of carbonyl (C=O) groups is 1. The number of benzene rings is 1. The quantitative estimate of drug-likeness (QED) is 0.739. The van der Waals surface area contributed by atoms with E-state index < -0.39 is 0 Å². The van der Waals surface area contributed by atoms with Crippen LogP contribution in [0.5, 0.6) is 0 Å². The zero-order chi connectivity index (χ0) is 18.5. The van der Waals surface area contributed by atoms with E-state index in [1.54, 1.807) is 17.5 Å². The molecular formula is C20H23N5OS.